The van der Waals surface area contributed by atoms with Gasteiger partial charge in [0.2, 0.25) is 0 Å². The van der Waals surface area contributed by atoms with E-state index in [1.54, 1.807) is 0 Å². The molecule has 0 bridgehead atoms. The quantitative estimate of drug-likeness (QED) is 0.742. The molecule has 3 amide bonds. The number of amides is 3. The van der Waals surface area contributed by atoms with Crippen LogP contribution < -0.4 is 10.6 Å². The molecule has 0 aromatic heterocycles. The zero-order valence-electron chi connectivity index (χ0n) is 9.28. The van der Waals surface area contributed by atoms with Crippen LogP contribution in [0.25, 0.3) is 0 Å². The Morgan fingerprint density at radius 2 is 1.75 bits per heavy atom. The molecule has 2 N–H and O–H groups in total. The zero-order valence-corrected chi connectivity index (χ0v) is 9.28. The molecular weight excluding hydrogens is 204 g/mol. The van der Waals surface area contributed by atoms with Gasteiger partial charge in [-0.1, -0.05) is 38.1 Å². The van der Waals surface area contributed by atoms with Crippen LogP contribution in [0.15, 0.2) is 24.3 Å². The summed E-state index contributed by atoms with van der Waals surface area (Å²) in [6.45, 7) is 4.22. The Bertz CT molecular complexity index is 423. The highest BCUT2D eigenvalue weighted by molar-refractivity contribution is 6.04. The van der Waals surface area contributed by atoms with Crippen LogP contribution in [0, 0.1) is 0 Å². The first kappa shape index (κ1) is 10.7. The summed E-state index contributed by atoms with van der Waals surface area (Å²) in [5.41, 5.74) is 2.03. The van der Waals surface area contributed by atoms with Crippen molar-refractivity contribution in [3.63, 3.8) is 0 Å². The third-order valence-corrected chi connectivity index (χ3v) is 2.71. The van der Waals surface area contributed by atoms with Crippen LogP contribution in [0.4, 0.5) is 4.79 Å². The lowest BCUT2D eigenvalue weighted by molar-refractivity contribution is -0.120. The lowest BCUT2D eigenvalue weighted by Gasteiger charge is -2.10. The van der Waals surface area contributed by atoms with Gasteiger partial charge < -0.3 is 5.32 Å². The van der Waals surface area contributed by atoms with E-state index in [4.69, 9.17) is 0 Å². The van der Waals surface area contributed by atoms with Gasteiger partial charge in [0.15, 0.2) is 0 Å². The summed E-state index contributed by atoms with van der Waals surface area (Å²) in [7, 11) is 0. The molecule has 84 valence electrons. The molecule has 2 rings (SSSR count). The molecule has 0 aliphatic carbocycles. The molecule has 0 radical (unpaired) electrons. The SMILES string of the molecule is CC(C)c1ccc(C2NC(=O)NC2=O)cc1. The zero-order chi connectivity index (χ0) is 11.7. The van der Waals surface area contributed by atoms with Crippen LogP contribution in [0.3, 0.4) is 0 Å². The molecule has 1 atom stereocenters. The fraction of sp³-hybridized carbons (Fsp3) is 0.333. The molecule has 0 spiro atoms. The van der Waals surface area contributed by atoms with Gasteiger partial charge in [0.1, 0.15) is 6.04 Å². The van der Waals surface area contributed by atoms with E-state index >= 15 is 0 Å². The lowest BCUT2D eigenvalue weighted by Crippen LogP contribution is -2.22. The number of nitrogens with one attached hydrogen (secondary N) is 2. The molecule has 1 aliphatic heterocycles. The maximum Gasteiger partial charge on any atom is 0.322 e. The van der Waals surface area contributed by atoms with Crippen molar-refractivity contribution in [3.05, 3.63) is 35.4 Å². The van der Waals surface area contributed by atoms with Gasteiger partial charge in [-0.2, -0.15) is 0 Å². The molecule has 1 heterocycles. The van der Waals surface area contributed by atoms with Gasteiger partial charge in [0.25, 0.3) is 5.91 Å². The van der Waals surface area contributed by atoms with Crippen LogP contribution in [0.2, 0.25) is 0 Å². The van der Waals surface area contributed by atoms with E-state index in [0.717, 1.165) is 5.56 Å². The van der Waals surface area contributed by atoms with Crippen LogP contribution in [0.1, 0.15) is 36.9 Å². The Morgan fingerprint density at radius 3 is 2.19 bits per heavy atom. The second kappa shape index (κ2) is 3.96. The summed E-state index contributed by atoms with van der Waals surface area (Å²) >= 11 is 0. The number of carbonyl (C=O) groups is 2. The molecule has 0 saturated carbocycles. The number of hydrogen-bond donors (Lipinski definition) is 2. The number of rotatable bonds is 2. The second-order valence-electron chi connectivity index (χ2n) is 4.22. The molecule has 1 saturated heterocycles. The minimum atomic E-state index is -0.547. The van der Waals surface area contributed by atoms with Gasteiger partial charge in [0, 0.05) is 0 Å². The molecule has 1 aromatic rings. The normalized spacial score (nSPS) is 19.8. The molecule has 4 nitrogen and oxygen atoms in total. The molecule has 4 heteroatoms. The van der Waals surface area contributed by atoms with Crippen molar-refractivity contribution in [3.8, 4) is 0 Å². The first-order valence-electron chi connectivity index (χ1n) is 5.29. The fourth-order valence-electron chi connectivity index (χ4n) is 1.72. The van der Waals surface area contributed by atoms with E-state index in [9.17, 15) is 9.59 Å². The van der Waals surface area contributed by atoms with Crippen LogP contribution >= 0.6 is 0 Å². The smallest absolute Gasteiger partial charge is 0.322 e. The maximum absolute atomic E-state index is 11.4. The fourth-order valence-corrected chi connectivity index (χ4v) is 1.72. The van der Waals surface area contributed by atoms with Crippen molar-refractivity contribution >= 4 is 11.9 Å². The van der Waals surface area contributed by atoms with Crippen LogP contribution in [-0.4, -0.2) is 11.9 Å². The average Bonchev–Trinajstić information content (AvgIpc) is 2.58. The van der Waals surface area contributed by atoms with Gasteiger partial charge in [-0.25, -0.2) is 4.79 Å². The summed E-state index contributed by atoms with van der Waals surface area (Å²) in [4.78, 5) is 22.4. The maximum atomic E-state index is 11.4. The number of benzene rings is 1. The predicted molar refractivity (Wildman–Crippen MR) is 59.9 cm³/mol. The molecule has 1 unspecified atom stereocenters. The Kier molecular flexibility index (Phi) is 2.64. The second-order valence-corrected chi connectivity index (χ2v) is 4.22. The third-order valence-electron chi connectivity index (χ3n) is 2.71. The van der Waals surface area contributed by atoms with E-state index in [2.05, 4.69) is 24.5 Å². The standard InChI is InChI=1S/C12H14N2O2/c1-7(2)8-3-5-9(6-4-8)10-11(15)14-12(16)13-10/h3-7,10H,1-2H3,(H2,13,14,15,16). The van der Waals surface area contributed by atoms with Crippen molar-refractivity contribution in [2.45, 2.75) is 25.8 Å². The highest BCUT2D eigenvalue weighted by atomic mass is 16.2. The van der Waals surface area contributed by atoms with E-state index in [1.807, 2.05) is 24.3 Å². The molecule has 1 aromatic carbocycles. The highest BCUT2D eigenvalue weighted by Crippen LogP contribution is 2.20. The van der Waals surface area contributed by atoms with Gasteiger partial charge >= 0.3 is 6.03 Å². The molecular formula is C12H14N2O2. The lowest BCUT2D eigenvalue weighted by atomic mass is 9.99. The summed E-state index contributed by atoms with van der Waals surface area (Å²) in [5.74, 6) is 0.170. The van der Waals surface area contributed by atoms with Crippen molar-refractivity contribution in [1.82, 2.24) is 10.6 Å². The van der Waals surface area contributed by atoms with E-state index in [1.165, 1.54) is 5.56 Å². The van der Waals surface area contributed by atoms with Crippen molar-refractivity contribution in [2.24, 2.45) is 0 Å². The van der Waals surface area contributed by atoms with Gasteiger partial charge in [-0.15, -0.1) is 0 Å². The largest absolute Gasteiger partial charge is 0.322 e. The van der Waals surface area contributed by atoms with E-state index in [-0.39, 0.29) is 5.91 Å². The Hall–Kier alpha value is -1.84. The Balaban J connectivity index is 2.22. The van der Waals surface area contributed by atoms with Gasteiger partial charge in [-0.05, 0) is 17.0 Å². The monoisotopic (exact) mass is 218 g/mol. The number of hydrogen-bond acceptors (Lipinski definition) is 2. The topological polar surface area (TPSA) is 58.2 Å². The van der Waals surface area contributed by atoms with Crippen LogP contribution in [-0.2, 0) is 4.79 Å². The summed E-state index contributed by atoms with van der Waals surface area (Å²) < 4.78 is 0. The van der Waals surface area contributed by atoms with Crippen molar-refractivity contribution < 1.29 is 9.59 Å². The summed E-state index contributed by atoms with van der Waals surface area (Å²) in [5, 5.41) is 4.78. The first-order chi connectivity index (χ1) is 7.58. The minimum Gasteiger partial charge on any atom is -0.322 e. The Morgan fingerprint density at radius 1 is 1.12 bits per heavy atom. The predicted octanol–water partition coefficient (Wildman–Crippen LogP) is 1.69. The number of carbonyl (C=O) groups excluding carboxylic acids is 2. The van der Waals surface area contributed by atoms with Crippen molar-refractivity contribution in [1.29, 1.82) is 0 Å². The summed E-state index contributed by atoms with van der Waals surface area (Å²) in [6.07, 6.45) is 0. The number of urea groups is 1. The van der Waals surface area contributed by atoms with E-state index in [0.29, 0.717) is 5.92 Å². The molecule has 1 aliphatic rings. The molecule has 16 heavy (non-hydrogen) atoms. The Labute approximate surface area is 94.0 Å². The highest BCUT2D eigenvalue weighted by Gasteiger charge is 2.30. The number of imide groups is 1. The van der Waals surface area contributed by atoms with Gasteiger partial charge in [0.05, 0.1) is 0 Å². The summed E-state index contributed by atoms with van der Waals surface area (Å²) in [6, 6.07) is 6.75. The van der Waals surface area contributed by atoms with E-state index < -0.39 is 12.1 Å². The van der Waals surface area contributed by atoms with Gasteiger partial charge in [-0.3, -0.25) is 10.1 Å². The first-order valence-corrected chi connectivity index (χ1v) is 5.29. The van der Waals surface area contributed by atoms with Crippen LogP contribution in [0.5, 0.6) is 0 Å². The minimum absolute atomic E-state index is 0.290. The molecule has 1 fully saturated rings. The van der Waals surface area contributed by atoms with Crippen molar-refractivity contribution in [2.75, 3.05) is 0 Å². The third kappa shape index (κ3) is 1.91. The average molecular weight is 218 g/mol.